The molecule has 1 aliphatic rings. The molecule has 0 heterocycles. The molecule has 0 saturated heterocycles. The summed E-state index contributed by atoms with van der Waals surface area (Å²) >= 11 is 0. The summed E-state index contributed by atoms with van der Waals surface area (Å²) in [6.45, 7) is 4.47. The molecule has 0 N–H and O–H groups in total. The predicted molar refractivity (Wildman–Crippen MR) is 79.5 cm³/mol. The van der Waals surface area contributed by atoms with Crippen molar-refractivity contribution in [3.8, 4) is 11.5 Å². The van der Waals surface area contributed by atoms with Crippen molar-refractivity contribution in [2.45, 2.75) is 33.1 Å². The summed E-state index contributed by atoms with van der Waals surface area (Å²) in [4.78, 5) is 12.7. The number of ketones is 1. The molecule has 0 aromatic heterocycles. The number of hydrogen-bond acceptors (Lipinski definition) is 3. The van der Waals surface area contributed by atoms with Gasteiger partial charge in [0, 0.05) is 12.0 Å². The molecule has 2 atom stereocenters. The van der Waals surface area contributed by atoms with E-state index in [2.05, 4.69) is 13.8 Å². The molecule has 0 spiro atoms. The van der Waals surface area contributed by atoms with E-state index in [1.54, 1.807) is 20.3 Å². The third-order valence-electron chi connectivity index (χ3n) is 4.22. The molecule has 1 aromatic rings. The fraction of sp³-hybridized carbons (Fsp3) is 0.588. The number of carbonyl (C=O) groups is 1. The van der Waals surface area contributed by atoms with Crippen molar-refractivity contribution in [2.75, 3.05) is 14.2 Å². The topological polar surface area (TPSA) is 35.5 Å². The van der Waals surface area contributed by atoms with Crippen LogP contribution in [-0.2, 0) is 0 Å². The van der Waals surface area contributed by atoms with Crippen molar-refractivity contribution in [3.05, 3.63) is 23.8 Å². The van der Waals surface area contributed by atoms with Gasteiger partial charge in [0.25, 0.3) is 0 Å². The zero-order valence-corrected chi connectivity index (χ0v) is 12.8. The summed E-state index contributed by atoms with van der Waals surface area (Å²) in [7, 11) is 3.21. The zero-order chi connectivity index (χ0) is 14.7. The minimum absolute atomic E-state index is 0.121. The monoisotopic (exact) mass is 276 g/mol. The van der Waals surface area contributed by atoms with E-state index in [0.29, 0.717) is 28.9 Å². The lowest BCUT2D eigenvalue weighted by atomic mass is 9.74. The Morgan fingerprint density at radius 3 is 2.25 bits per heavy atom. The van der Waals surface area contributed by atoms with E-state index >= 15 is 0 Å². The standard InChI is InChI=1S/C17H24O3/c1-11-7-12(2)9-13(8-11)17(18)15-6-5-14(19-3)10-16(15)20-4/h5-6,10-13H,7-9H2,1-4H3. The number of ether oxygens (including phenoxy) is 2. The second kappa shape index (κ2) is 6.29. The predicted octanol–water partition coefficient (Wildman–Crippen LogP) is 3.96. The van der Waals surface area contributed by atoms with E-state index in [1.807, 2.05) is 12.1 Å². The van der Waals surface area contributed by atoms with Crippen LogP contribution < -0.4 is 9.47 Å². The second-order valence-corrected chi connectivity index (χ2v) is 6.04. The molecular weight excluding hydrogens is 252 g/mol. The van der Waals surface area contributed by atoms with Crippen LogP contribution in [0.4, 0.5) is 0 Å². The highest BCUT2D eigenvalue weighted by atomic mass is 16.5. The van der Waals surface area contributed by atoms with E-state index in [9.17, 15) is 4.79 Å². The number of carbonyl (C=O) groups excluding carboxylic acids is 1. The first-order valence-electron chi connectivity index (χ1n) is 7.31. The van der Waals surface area contributed by atoms with Gasteiger partial charge in [0.2, 0.25) is 0 Å². The fourth-order valence-corrected chi connectivity index (χ4v) is 3.38. The molecule has 2 rings (SSSR count). The Kier molecular flexibility index (Phi) is 4.69. The molecule has 2 unspecified atom stereocenters. The molecule has 1 fully saturated rings. The third kappa shape index (κ3) is 3.14. The van der Waals surface area contributed by atoms with Gasteiger partial charge in [0.15, 0.2) is 5.78 Å². The number of hydrogen-bond donors (Lipinski definition) is 0. The van der Waals surface area contributed by atoms with E-state index in [4.69, 9.17) is 9.47 Å². The maximum atomic E-state index is 12.7. The van der Waals surface area contributed by atoms with Crippen LogP contribution in [0.1, 0.15) is 43.5 Å². The Morgan fingerprint density at radius 1 is 1.05 bits per heavy atom. The molecule has 1 aliphatic carbocycles. The quantitative estimate of drug-likeness (QED) is 0.781. The highest BCUT2D eigenvalue weighted by Gasteiger charge is 2.30. The number of benzene rings is 1. The van der Waals surface area contributed by atoms with Gasteiger partial charge >= 0.3 is 0 Å². The van der Waals surface area contributed by atoms with Gasteiger partial charge in [-0.05, 0) is 43.2 Å². The van der Waals surface area contributed by atoms with Crippen LogP contribution in [0.2, 0.25) is 0 Å². The summed E-state index contributed by atoms with van der Waals surface area (Å²) in [5.74, 6) is 2.90. The molecule has 0 aliphatic heterocycles. The Bertz CT molecular complexity index is 471. The van der Waals surface area contributed by atoms with Gasteiger partial charge in [-0.1, -0.05) is 13.8 Å². The van der Waals surface area contributed by atoms with Crippen molar-refractivity contribution in [1.82, 2.24) is 0 Å². The summed E-state index contributed by atoms with van der Waals surface area (Å²) in [5.41, 5.74) is 0.680. The maximum Gasteiger partial charge on any atom is 0.169 e. The van der Waals surface area contributed by atoms with Crippen molar-refractivity contribution >= 4 is 5.78 Å². The van der Waals surface area contributed by atoms with Crippen molar-refractivity contribution in [1.29, 1.82) is 0 Å². The molecule has 0 radical (unpaired) electrons. The average molecular weight is 276 g/mol. The lowest BCUT2D eigenvalue weighted by Gasteiger charge is -2.30. The van der Waals surface area contributed by atoms with Gasteiger partial charge < -0.3 is 9.47 Å². The minimum Gasteiger partial charge on any atom is -0.497 e. The van der Waals surface area contributed by atoms with Crippen LogP contribution in [0.5, 0.6) is 11.5 Å². The van der Waals surface area contributed by atoms with Crippen LogP contribution >= 0.6 is 0 Å². The minimum atomic E-state index is 0.121. The maximum absolute atomic E-state index is 12.7. The van der Waals surface area contributed by atoms with Gasteiger partial charge in [-0.15, -0.1) is 0 Å². The normalized spacial score (nSPS) is 26.1. The van der Waals surface area contributed by atoms with E-state index < -0.39 is 0 Å². The fourth-order valence-electron chi connectivity index (χ4n) is 3.38. The van der Waals surface area contributed by atoms with E-state index in [-0.39, 0.29) is 11.7 Å². The average Bonchev–Trinajstić information content (AvgIpc) is 2.44. The molecular formula is C17H24O3. The van der Waals surface area contributed by atoms with Crippen LogP contribution in [0.3, 0.4) is 0 Å². The van der Waals surface area contributed by atoms with Gasteiger partial charge in [-0.3, -0.25) is 4.79 Å². The number of Topliss-reactive ketones (excluding diaryl/α,β-unsaturated/α-hetero) is 1. The zero-order valence-electron chi connectivity index (χ0n) is 12.8. The van der Waals surface area contributed by atoms with Gasteiger partial charge in [-0.2, -0.15) is 0 Å². The summed E-state index contributed by atoms with van der Waals surface area (Å²) < 4.78 is 10.5. The Labute approximate surface area is 121 Å². The highest BCUT2D eigenvalue weighted by molar-refractivity contribution is 6.00. The highest BCUT2D eigenvalue weighted by Crippen LogP contribution is 2.36. The van der Waals surface area contributed by atoms with Crippen LogP contribution in [-0.4, -0.2) is 20.0 Å². The first kappa shape index (κ1) is 14.9. The Hall–Kier alpha value is -1.51. The number of rotatable bonds is 4. The van der Waals surface area contributed by atoms with Crippen LogP contribution in [0, 0.1) is 17.8 Å². The largest absolute Gasteiger partial charge is 0.497 e. The molecule has 110 valence electrons. The molecule has 0 bridgehead atoms. The lowest BCUT2D eigenvalue weighted by Crippen LogP contribution is -2.26. The molecule has 20 heavy (non-hydrogen) atoms. The molecule has 0 amide bonds. The second-order valence-electron chi connectivity index (χ2n) is 6.04. The van der Waals surface area contributed by atoms with Crippen LogP contribution in [0.15, 0.2) is 18.2 Å². The molecule has 1 saturated carbocycles. The van der Waals surface area contributed by atoms with Gasteiger partial charge in [0.1, 0.15) is 11.5 Å². The Balaban J connectivity index is 2.24. The SMILES string of the molecule is COc1ccc(C(=O)C2CC(C)CC(C)C2)c(OC)c1. The molecule has 1 aromatic carbocycles. The van der Waals surface area contributed by atoms with E-state index in [1.165, 1.54) is 6.42 Å². The van der Waals surface area contributed by atoms with Gasteiger partial charge in [0.05, 0.1) is 19.8 Å². The molecule has 3 nitrogen and oxygen atoms in total. The third-order valence-corrected chi connectivity index (χ3v) is 4.22. The summed E-state index contributed by atoms with van der Waals surface area (Å²) in [6, 6.07) is 5.43. The Morgan fingerprint density at radius 2 is 1.70 bits per heavy atom. The summed E-state index contributed by atoms with van der Waals surface area (Å²) in [6.07, 6.45) is 3.19. The van der Waals surface area contributed by atoms with E-state index in [0.717, 1.165) is 12.8 Å². The summed E-state index contributed by atoms with van der Waals surface area (Å²) in [5, 5.41) is 0. The number of methoxy groups -OCH3 is 2. The van der Waals surface area contributed by atoms with Gasteiger partial charge in [-0.25, -0.2) is 0 Å². The smallest absolute Gasteiger partial charge is 0.169 e. The van der Waals surface area contributed by atoms with Crippen molar-refractivity contribution in [3.63, 3.8) is 0 Å². The van der Waals surface area contributed by atoms with Crippen molar-refractivity contribution < 1.29 is 14.3 Å². The first-order chi connectivity index (χ1) is 9.55. The van der Waals surface area contributed by atoms with Crippen LogP contribution in [0.25, 0.3) is 0 Å². The molecule has 3 heteroatoms. The van der Waals surface area contributed by atoms with Crippen molar-refractivity contribution in [2.24, 2.45) is 17.8 Å². The lowest BCUT2D eigenvalue weighted by molar-refractivity contribution is 0.0833. The first-order valence-corrected chi connectivity index (χ1v) is 7.31.